The van der Waals surface area contributed by atoms with Crippen LogP contribution in [0.15, 0.2) is 48.5 Å². The van der Waals surface area contributed by atoms with Crippen LogP contribution >= 0.6 is 0 Å². The quantitative estimate of drug-likeness (QED) is 0.373. The molecule has 6 rings (SSSR count). The summed E-state index contributed by atoms with van der Waals surface area (Å²) in [5.74, 6) is -0.930. The van der Waals surface area contributed by atoms with E-state index in [9.17, 15) is 22.8 Å². The fourth-order valence-corrected chi connectivity index (χ4v) is 5.57. The van der Waals surface area contributed by atoms with E-state index in [1.165, 1.54) is 22.7 Å². The zero-order valence-electron chi connectivity index (χ0n) is 21.3. The molecule has 1 aliphatic carbocycles. The Balaban J connectivity index is 1.42. The highest BCUT2D eigenvalue weighted by molar-refractivity contribution is 6.16. The molecule has 2 aromatic carbocycles. The molecule has 7 nitrogen and oxygen atoms in total. The summed E-state index contributed by atoms with van der Waals surface area (Å²) in [5.41, 5.74) is 7.45. The van der Waals surface area contributed by atoms with Gasteiger partial charge in [-0.1, -0.05) is 42.8 Å². The van der Waals surface area contributed by atoms with E-state index in [1.54, 1.807) is 19.1 Å². The predicted molar refractivity (Wildman–Crippen MR) is 140 cm³/mol. The number of benzene rings is 2. The fraction of sp³-hybridized carbons (Fsp3) is 0.310. The van der Waals surface area contributed by atoms with Crippen LogP contribution in [-0.2, 0) is 19.1 Å². The molecule has 4 aromatic rings. The Labute approximate surface area is 222 Å². The first kappa shape index (κ1) is 25.1. The van der Waals surface area contributed by atoms with Gasteiger partial charge in [-0.3, -0.25) is 14.3 Å². The smallest absolute Gasteiger partial charge is 0.364 e. The van der Waals surface area contributed by atoms with Gasteiger partial charge in [-0.2, -0.15) is 18.3 Å². The molecule has 1 aliphatic heterocycles. The average molecular weight is 534 g/mol. The second kappa shape index (κ2) is 9.21. The molecule has 0 spiro atoms. The number of hydrogen-bond acceptors (Lipinski definition) is 4. The molecule has 0 unspecified atom stereocenters. The van der Waals surface area contributed by atoms with E-state index in [0.29, 0.717) is 23.2 Å². The van der Waals surface area contributed by atoms with Crippen molar-refractivity contribution in [1.29, 1.82) is 0 Å². The van der Waals surface area contributed by atoms with Gasteiger partial charge in [0.05, 0.1) is 29.0 Å². The first-order valence-corrected chi connectivity index (χ1v) is 12.9. The molecule has 1 fully saturated rings. The highest BCUT2D eigenvalue weighted by atomic mass is 19.4. The number of anilines is 1. The minimum Gasteiger partial charge on any atom is -0.364 e. The molecule has 2 aromatic heterocycles. The van der Waals surface area contributed by atoms with Crippen molar-refractivity contribution in [1.82, 2.24) is 14.8 Å². The van der Waals surface area contributed by atoms with E-state index in [0.717, 1.165) is 28.9 Å². The summed E-state index contributed by atoms with van der Waals surface area (Å²) in [6, 6.07) is 14.4. The second-order valence-electron chi connectivity index (χ2n) is 10.2. The maximum atomic E-state index is 14.3. The third-order valence-electron chi connectivity index (χ3n) is 7.85. The van der Waals surface area contributed by atoms with Crippen molar-refractivity contribution in [3.05, 3.63) is 87.9 Å². The Morgan fingerprint density at radius 1 is 1.13 bits per heavy atom. The van der Waals surface area contributed by atoms with Gasteiger partial charge in [0.2, 0.25) is 0 Å². The van der Waals surface area contributed by atoms with Gasteiger partial charge in [0.25, 0.3) is 11.8 Å². The maximum absolute atomic E-state index is 14.3. The Hall–Kier alpha value is -4.21. The van der Waals surface area contributed by atoms with Crippen molar-refractivity contribution in [3.8, 4) is 0 Å². The van der Waals surface area contributed by atoms with Crippen LogP contribution in [-0.4, -0.2) is 33.1 Å². The largest absolute Gasteiger partial charge is 0.437 e. The lowest BCUT2D eigenvalue weighted by atomic mass is 9.80. The lowest BCUT2D eigenvalue weighted by Crippen LogP contribution is -2.33. The number of pyridine rings is 1. The summed E-state index contributed by atoms with van der Waals surface area (Å²) in [6.07, 6.45) is -0.942. The van der Waals surface area contributed by atoms with Crippen molar-refractivity contribution in [2.45, 2.75) is 51.2 Å². The van der Waals surface area contributed by atoms with Crippen LogP contribution in [0.3, 0.4) is 0 Å². The van der Waals surface area contributed by atoms with Crippen molar-refractivity contribution in [2.75, 3.05) is 11.4 Å². The lowest BCUT2D eigenvalue weighted by Gasteiger charge is -2.25. The van der Waals surface area contributed by atoms with E-state index in [-0.39, 0.29) is 35.7 Å². The predicted octanol–water partition coefficient (Wildman–Crippen LogP) is 5.38. The van der Waals surface area contributed by atoms with E-state index >= 15 is 0 Å². The molecule has 200 valence electrons. The Bertz CT molecular complexity index is 1620. The van der Waals surface area contributed by atoms with Crippen LogP contribution < -0.4 is 10.6 Å². The summed E-state index contributed by atoms with van der Waals surface area (Å²) >= 11 is 0. The lowest BCUT2D eigenvalue weighted by molar-refractivity contribution is -0.141. The highest BCUT2D eigenvalue weighted by Gasteiger charge is 2.42. The first-order valence-electron chi connectivity index (χ1n) is 12.9. The van der Waals surface area contributed by atoms with Crippen LogP contribution in [0, 0.1) is 6.92 Å². The highest BCUT2D eigenvalue weighted by Crippen LogP contribution is 2.41. The molecule has 0 saturated heterocycles. The van der Waals surface area contributed by atoms with Gasteiger partial charge in [-0.15, -0.1) is 0 Å². The summed E-state index contributed by atoms with van der Waals surface area (Å²) in [4.78, 5) is 31.2. The number of primary amides is 1. The monoisotopic (exact) mass is 533 g/mol. The number of carbonyl (C=O) groups is 2. The number of aromatic nitrogens is 3. The zero-order chi connectivity index (χ0) is 27.5. The molecule has 0 bridgehead atoms. The van der Waals surface area contributed by atoms with Gasteiger partial charge in [-0.25, -0.2) is 4.98 Å². The summed E-state index contributed by atoms with van der Waals surface area (Å²) in [5, 5.41) is 4.47. The Morgan fingerprint density at radius 3 is 2.51 bits per heavy atom. The van der Waals surface area contributed by atoms with Gasteiger partial charge in [0, 0.05) is 11.9 Å². The zero-order valence-corrected chi connectivity index (χ0v) is 21.3. The molecule has 0 radical (unpaired) electrons. The number of rotatable bonds is 5. The molecule has 10 heteroatoms. The molecule has 2 N–H and O–H groups in total. The number of alkyl halides is 3. The van der Waals surface area contributed by atoms with Crippen LogP contribution in [0.5, 0.6) is 0 Å². The van der Waals surface area contributed by atoms with Crippen LogP contribution in [0.2, 0.25) is 0 Å². The normalized spacial score (nSPS) is 15.9. The molecule has 3 heterocycles. The van der Waals surface area contributed by atoms with Gasteiger partial charge >= 0.3 is 6.18 Å². The number of hydrogen-bond donors (Lipinski definition) is 1. The van der Waals surface area contributed by atoms with E-state index < -0.39 is 23.7 Å². The van der Waals surface area contributed by atoms with E-state index in [1.807, 2.05) is 30.3 Å². The van der Waals surface area contributed by atoms with Gasteiger partial charge in [-0.05, 0) is 60.9 Å². The summed E-state index contributed by atoms with van der Waals surface area (Å²) in [6.45, 7) is 1.68. The third kappa shape index (κ3) is 4.33. The number of nitrogens with zero attached hydrogens (tertiary/aromatic N) is 4. The van der Waals surface area contributed by atoms with Gasteiger partial charge < -0.3 is 10.6 Å². The number of nitrogens with two attached hydrogens (primary N) is 1. The average Bonchev–Trinajstić information content (AvgIpc) is 3.12. The molecular formula is C29H26F3N5O2. The summed E-state index contributed by atoms with van der Waals surface area (Å²) in [7, 11) is 0. The minimum atomic E-state index is -4.79. The first-order chi connectivity index (χ1) is 18.6. The summed E-state index contributed by atoms with van der Waals surface area (Å²) < 4.78 is 44.3. The van der Waals surface area contributed by atoms with Gasteiger partial charge in [0.15, 0.2) is 5.69 Å². The molecule has 0 atom stereocenters. The van der Waals surface area contributed by atoms with E-state index in [2.05, 4.69) is 10.1 Å². The Morgan fingerprint density at radius 2 is 1.87 bits per heavy atom. The third-order valence-corrected chi connectivity index (χ3v) is 7.85. The topological polar surface area (TPSA) is 94.1 Å². The fourth-order valence-electron chi connectivity index (χ4n) is 5.57. The van der Waals surface area contributed by atoms with E-state index in [4.69, 9.17) is 5.73 Å². The van der Waals surface area contributed by atoms with Crippen molar-refractivity contribution in [2.24, 2.45) is 5.73 Å². The number of carbonyl (C=O) groups excluding carboxylic acids is 2. The van der Waals surface area contributed by atoms with Crippen LogP contribution in [0.1, 0.15) is 74.1 Å². The molecule has 2 aliphatic rings. The molecule has 1 saturated carbocycles. The van der Waals surface area contributed by atoms with Crippen LogP contribution in [0.25, 0.3) is 10.9 Å². The SMILES string of the molecule is Cc1c(N2CCc3cccc4nc(C(N)=O)cc(c34)C2=O)c(C(F)(F)F)nn1Cc1ccc(C2CCC2)cc1. The van der Waals surface area contributed by atoms with Gasteiger partial charge in [0.1, 0.15) is 5.69 Å². The maximum Gasteiger partial charge on any atom is 0.437 e. The molecule has 2 amide bonds. The van der Waals surface area contributed by atoms with Crippen LogP contribution in [0.4, 0.5) is 18.9 Å². The number of halogens is 3. The Kier molecular flexibility index (Phi) is 5.93. The van der Waals surface area contributed by atoms with Crippen molar-refractivity contribution in [3.63, 3.8) is 0 Å². The minimum absolute atomic E-state index is 0.00420. The van der Waals surface area contributed by atoms with Crippen molar-refractivity contribution < 1.29 is 22.8 Å². The standard InChI is InChI=1S/C29H26F3N5O2/c1-16-25(26(29(30,31)32)35-37(16)15-17-8-10-19(11-9-17)18-4-2-5-18)36-13-12-20-6-3-7-22-24(20)21(28(36)39)14-23(34-22)27(33)38/h3,6-11,14,18H,2,4-5,12-13,15H2,1H3,(H2,33,38). The number of amides is 2. The molecular weight excluding hydrogens is 507 g/mol. The molecule has 39 heavy (non-hydrogen) atoms. The van der Waals surface area contributed by atoms with Crippen molar-refractivity contribution >= 4 is 28.4 Å². The second-order valence-corrected chi connectivity index (χ2v) is 10.2.